The summed E-state index contributed by atoms with van der Waals surface area (Å²) in [6.07, 6.45) is 9.68. The Balaban J connectivity index is 0.000000155. The maximum atomic E-state index is 9.69. The monoisotopic (exact) mass is 494 g/mol. The number of phenolic OH excluding ortho intramolecular Hbond substituents is 2. The molecule has 0 aliphatic heterocycles. The van der Waals surface area contributed by atoms with Gasteiger partial charge in [-0.15, -0.1) is 0 Å². The molecular formula is C34H26N2O2. The van der Waals surface area contributed by atoms with E-state index >= 15 is 0 Å². The van der Waals surface area contributed by atoms with E-state index in [4.69, 9.17) is 0 Å². The molecule has 0 spiro atoms. The molecule has 0 atom stereocenters. The molecule has 38 heavy (non-hydrogen) atoms. The van der Waals surface area contributed by atoms with Crippen molar-refractivity contribution >= 4 is 46.1 Å². The Bertz CT molecular complexity index is 1730. The van der Waals surface area contributed by atoms with E-state index in [0.717, 1.165) is 44.2 Å². The number of para-hydroxylation sites is 3. The Morgan fingerprint density at radius 2 is 1.24 bits per heavy atom. The molecular weight excluding hydrogens is 468 g/mol. The van der Waals surface area contributed by atoms with Crippen LogP contribution in [0.3, 0.4) is 0 Å². The van der Waals surface area contributed by atoms with Crippen molar-refractivity contribution in [2.45, 2.75) is 0 Å². The first kappa shape index (κ1) is 24.5. The van der Waals surface area contributed by atoms with Crippen molar-refractivity contribution in [3.05, 3.63) is 144 Å². The fraction of sp³-hybridized carbons (Fsp3) is 0. The average molecular weight is 495 g/mol. The molecule has 0 saturated heterocycles. The summed E-state index contributed by atoms with van der Waals surface area (Å²) in [6.45, 7) is 0. The highest BCUT2D eigenvalue weighted by atomic mass is 16.3. The second-order valence-electron chi connectivity index (χ2n) is 8.66. The van der Waals surface area contributed by atoms with Crippen LogP contribution < -0.4 is 0 Å². The van der Waals surface area contributed by atoms with Crippen molar-refractivity contribution in [3.63, 3.8) is 0 Å². The molecule has 2 aromatic heterocycles. The molecule has 0 saturated carbocycles. The van der Waals surface area contributed by atoms with Gasteiger partial charge in [-0.25, -0.2) is 4.98 Å². The fourth-order valence-electron chi connectivity index (χ4n) is 4.01. The lowest BCUT2D eigenvalue weighted by Gasteiger charge is -2.01. The third-order valence-electron chi connectivity index (χ3n) is 6.02. The zero-order chi connectivity index (χ0) is 26.2. The second kappa shape index (κ2) is 11.7. The topological polar surface area (TPSA) is 66.2 Å². The van der Waals surface area contributed by atoms with Crippen LogP contribution in [-0.2, 0) is 0 Å². The predicted molar refractivity (Wildman–Crippen MR) is 158 cm³/mol. The SMILES string of the molecule is Oc1ccc(/C=C\c2ccnc3ccccc23)cc1.Oc1ccccc1/C=C/c1ccc2ccccc2n1. The van der Waals surface area contributed by atoms with Crippen molar-refractivity contribution in [1.82, 2.24) is 9.97 Å². The van der Waals surface area contributed by atoms with Crippen molar-refractivity contribution in [2.24, 2.45) is 0 Å². The van der Waals surface area contributed by atoms with Crippen molar-refractivity contribution in [2.75, 3.05) is 0 Å². The lowest BCUT2D eigenvalue weighted by Crippen LogP contribution is -1.82. The minimum absolute atomic E-state index is 0.277. The molecule has 2 heterocycles. The number of hydrogen-bond donors (Lipinski definition) is 2. The van der Waals surface area contributed by atoms with E-state index in [1.165, 1.54) is 0 Å². The minimum atomic E-state index is 0.277. The van der Waals surface area contributed by atoms with E-state index in [1.54, 1.807) is 24.3 Å². The molecule has 6 aromatic rings. The summed E-state index contributed by atoms with van der Waals surface area (Å²) in [4.78, 5) is 8.89. The summed E-state index contributed by atoms with van der Waals surface area (Å²) in [7, 11) is 0. The van der Waals surface area contributed by atoms with Crippen LogP contribution in [0.25, 0.3) is 46.1 Å². The lowest BCUT2D eigenvalue weighted by atomic mass is 10.1. The maximum Gasteiger partial charge on any atom is 0.122 e. The Morgan fingerprint density at radius 3 is 2.08 bits per heavy atom. The summed E-state index contributed by atoms with van der Waals surface area (Å²) in [5, 5.41) is 21.2. The van der Waals surface area contributed by atoms with E-state index in [1.807, 2.05) is 109 Å². The van der Waals surface area contributed by atoms with Gasteiger partial charge in [0.05, 0.1) is 16.7 Å². The normalized spacial score (nSPS) is 11.2. The zero-order valence-corrected chi connectivity index (χ0v) is 20.6. The number of pyridine rings is 2. The number of phenols is 2. The van der Waals surface area contributed by atoms with Crippen LogP contribution in [-0.4, -0.2) is 20.2 Å². The van der Waals surface area contributed by atoms with Gasteiger partial charge in [-0.05, 0) is 65.7 Å². The highest BCUT2D eigenvalue weighted by Crippen LogP contribution is 2.20. The molecule has 0 aliphatic rings. The van der Waals surface area contributed by atoms with Crippen LogP contribution in [0.2, 0.25) is 0 Å². The number of nitrogens with zero attached hydrogens (tertiary/aromatic N) is 2. The summed E-state index contributed by atoms with van der Waals surface area (Å²) in [5.41, 5.74) is 5.83. The summed E-state index contributed by atoms with van der Waals surface area (Å²) in [6, 6.07) is 36.5. The number of hydrogen-bond acceptors (Lipinski definition) is 4. The van der Waals surface area contributed by atoms with Crippen LogP contribution in [0.4, 0.5) is 0 Å². The van der Waals surface area contributed by atoms with Crippen LogP contribution in [0.1, 0.15) is 22.4 Å². The van der Waals surface area contributed by atoms with Crippen molar-refractivity contribution in [1.29, 1.82) is 0 Å². The first-order valence-electron chi connectivity index (χ1n) is 12.3. The van der Waals surface area contributed by atoms with Crippen LogP contribution >= 0.6 is 0 Å². The third-order valence-corrected chi connectivity index (χ3v) is 6.02. The molecule has 184 valence electrons. The van der Waals surface area contributed by atoms with E-state index < -0.39 is 0 Å². The molecule has 4 aromatic carbocycles. The van der Waals surface area contributed by atoms with Gasteiger partial charge in [0.2, 0.25) is 0 Å². The summed E-state index contributed by atoms with van der Waals surface area (Å²) in [5.74, 6) is 0.561. The number of benzene rings is 4. The molecule has 0 bridgehead atoms. The minimum Gasteiger partial charge on any atom is -0.508 e. The highest BCUT2D eigenvalue weighted by Gasteiger charge is 1.98. The van der Waals surface area contributed by atoms with E-state index in [0.29, 0.717) is 0 Å². The number of rotatable bonds is 4. The number of aromatic hydroxyl groups is 2. The van der Waals surface area contributed by atoms with Gasteiger partial charge in [-0.2, -0.15) is 0 Å². The molecule has 0 fully saturated rings. The van der Waals surface area contributed by atoms with Gasteiger partial charge in [0.1, 0.15) is 11.5 Å². The Labute approximate surface area is 221 Å². The zero-order valence-electron chi connectivity index (χ0n) is 20.6. The van der Waals surface area contributed by atoms with Gasteiger partial charge < -0.3 is 10.2 Å². The Hall–Kier alpha value is -5.22. The lowest BCUT2D eigenvalue weighted by molar-refractivity contribution is 0.474. The molecule has 0 radical (unpaired) electrons. The standard InChI is InChI=1S/2C17H13NO/c19-17-8-4-2-6-14(17)10-12-15-11-9-13-5-1-3-7-16(13)18-15;19-15-9-6-13(7-10-15)5-8-14-11-12-18-17-4-2-1-3-16(14)17/h2*1-12,19H/b12-10+;8-5-. The smallest absolute Gasteiger partial charge is 0.122 e. The Morgan fingerprint density at radius 1 is 0.526 bits per heavy atom. The molecule has 0 aliphatic carbocycles. The van der Waals surface area contributed by atoms with E-state index in [9.17, 15) is 10.2 Å². The summed E-state index contributed by atoms with van der Waals surface area (Å²) >= 11 is 0. The molecule has 0 unspecified atom stereocenters. The van der Waals surface area contributed by atoms with E-state index in [-0.39, 0.29) is 11.5 Å². The molecule has 4 nitrogen and oxygen atoms in total. The number of aromatic nitrogens is 2. The van der Waals surface area contributed by atoms with Crippen LogP contribution in [0.5, 0.6) is 11.5 Å². The quantitative estimate of drug-likeness (QED) is 0.259. The van der Waals surface area contributed by atoms with Gasteiger partial charge in [-0.1, -0.05) is 84.9 Å². The first-order valence-corrected chi connectivity index (χ1v) is 12.3. The first-order chi connectivity index (χ1) is 18.7. The van der Waals surface area contributed by atoms with Crippen LogP contribution in [0, 0.1) is 0 Å². The van der Waals surface area contributed by atoms with Gasteiger partial charge in [-0.3, -0.25) is 4.98 Å². The highest BCUT2D eigenvalue weighted by molar-refractivity contribution is 5.90. The average Bonchev–Trinajstić information content (AvgIpc) is 2.97. The Kier molecular flexibility index (Phi) is 7.52. The summed E-state index contributed by atoms with van der Waals surface area (Å²) < 4.78 is 0. The predicted octanol–water partition coefficient (Wildman–Crippen LogP) is 8.22. The largest absolute Gasteiger partial charge is 0.508 e. The molecule has 0 amide bonds. The van der Waals surface area contributed by atoms with Gasteiger partial charge in [0, 0.05) is 22.5 Å². The third kappa shape index (κ3) is 6.12. The maximum absolute atomic E-state index is 9.69. The van der Waals surface area contributed by atoms with Gasteiger partial charge in [0.25, 0.3) is 0 Å². The van der Waals surface area contributed by atoms with Crippen LogP contribution in [0.15, 0.2) is 121 Å². The van der Waals surface area contributed by atoms with Gasteiger partial charge >= 0.3 is 0 Å². The van der Waals surface area contributed by atoms with Crippen molar-refractivity contribution in [3.8, 4) is 11.5 Å². The van der Waals surface area contributed by atoms with E-state index in [2.05, 4.69) is 22.1 Å². The fourth-order valence-corrected chi connectivity index (χ4v) is 4.01. The molecule has 2 N–H and O–H groups in total. The molecule has 6 rings (SSSR count). The van der Waals surface area contributed by atoms with Gasteiger partial charge in [0.15, 0.2) is 0 Å². The second-order valence-corrected chi connectivity index (χ2v) is 8.66. The number of fused-ring (bicyclic) bond motifs is 2. The molecule has 4 heteroatoms. The van der Waals surface area contributed by atoms with Crippen molar-refractivity contribution < 1.29 is 10.2 Å².